The first-order valence-corrected chi connectivity index (χ1v) is 5.51. The summed E-state index contributed by atoms with van der Waals surface area (Å²) in [5, 5.41) is 9.13. The fourth-order valence-corrected chi connectivity index (χ4v) is 2.23. The maximum absolute atomic E-state index is 11.1. The van der Waals surface area contributed by atoms with Gasteiger partial charge in [-0.1, -0.05) is 38.1 Å². The van der Waals surface area contributed by atoms with Crippen LogP contribution in [0, 0.1) is 5.41 Å². The summed E-state index contributed by atoms with van der Waals surface area (Å²) in [6, 6.07) is 5.53. The number of carboxylic acids is 1. The van der Waals surface area contributed by atoms with Gasteiger partial charge < -0.3 is 5.11 Å². The molecule has 0 aromatic heterocycles. The van der Waals surface area contributed by atoms with Crippen molar-refractivity contribution in [2.45, 2.75) is 26.7 Å². The van der Waals surface area contributed by atoms with Crippen LogP contribution in [0.1, 0.15) is 41.8 Å². The van der Waals surface area contributed by atoms with Crippen LogP contribution >= 0.6 is 0 Å². The van der Waals surface area contributed by atoms with E-state index in [4.69, 9.17) is 5.11 Å². The topological polar surface area (TPSA) is 37.3 Å². The Kier molecular flexibility index (Phi) is 2.58. The van der Waals surface area contributed by atoms with Crippen LogP contribution in [-0.2, 0) is 6.42 Å². The lowest BCUT2D eigenvalue weighted by Crippen LogP contribution is -2.13. The fraction of sp³-hybridized carbons (Fsp3) is 0.357. The lowest BCUT2D eigenvalue weighted by Gasteiger charge is -2.22. The molecule has 0 saturated carbocycles. The molecule has 0 radical (unpaired) electrons. The number of allylic oxidation sites excluding steroid dienone is 1. The normalized spacial score (nSPS) is 17.6. The molecule has 0 heterocycles. The summed E-state index contributed by atoms with van der Waals surface area (Å²) in [5.41, 5.74) is 2.63. The number of benzene rings is 1. The van der Waals surface area contributed by atoms with Crippen LogP contribution < -0.4 is 0 Å². The summed E-state index contributed by atoms with van der Waals surface area (Å²) in [6.45, 7) is 4.42. The highest BCUT2D eigenvalue weighted by Gasteiger charge is 2.22. The second-order valence-corrected chi connectivity index (χ2v) is 5.13. The van der Waals surface area contributed by atoms with Gasteiger partial charge in [-0.15, -0.1) is 0 Å². The van der Waals surface area contributed by atoms with Crippen molar-refractivity contribution in [3.05, 3.63) is 41.0 Å². The van der Waals surface area contributed by atoms with Crippen LogP contribution in [0.3, 0.4) is 0 Å². The minimum Gasteiger partial charge on any atom is -0.478 e. The van der Waals surface area contributed by atoms with Crippen LogP contribution in [0.4, 0.5) is 0 Å². The van der Waals surface area contributed by atoms with E-state index in [2.05, 4.69) is 19.9 Å². The van der Waals surface area contributed by atoms with Gasteiger partial charge in [0.25, 0.3) is 0 Å². The third kappa shape index (κ3) is 2.01. The molecular formula is C14H16O2. The fourth-order valence-electron chi connectivity index (χ4n) is 2.23. The highest BCUT2D eigenvalue weighted by Crippen LogP contribution is 2.33. The number of rotatable bonds is 1. The van der Waals surface area contributed by atoms with Crippen molar-refractivity contribution >= 4 is 12.0 Å². The number of aromatic carboxylic acids is 1. The Bertz CT molecular complexity index is 456. The van der Waals surface area contributed by atoms with Crippen molar-refractivity contribution < 1.29 is 9.90 Å². The molecule has 1 aliphatic carbocycles. The predicted octanol–water partition coefficient (Wildman–Crippen LogP) is 3.37. The van der Waals surface area contributed by atoms with Gasteiger partial charge in [0.05, 0.1) is 5.56 Å². The summed E-state index contributed by atoms with van der Waals surface area (Å²) in [6.07, 6.45) is 5.95. The highest BCUT2D eigenvalue weighted by atomic mass is 16.4. The molecule has 0 aliphatic heterocycles. The molecule has 1 aliphatic rings. The minimum absolute atomic E-state index is 0.207. The summed E-state index contributed by atoms with van der Waals surface area (Å²) < 4.78 is 0. The first kappa shape index (κ1) is 10.9. The summed E-state index contributed by atoms with van der Waals surface area (Å²) in [7, 11) is 0. The van der Waals surface area contributed by atoms with E-state index in [-0.39, 0.29) is 5.41 Å². The van der Waals surface area contributed by atoms with Gasteiger partial charge in [-0.25, -0.2) is 4.79 Å². The number of fused-ring (bicyclic) bond motifs is 1. The summed E-state index contributed by atoms with van der Waals surface area (Å²) in [4.78, 5) is 11.1. The zero-order valence-electron chi connectivity index (χ0n) is 9.66. The molecule has 2 rings (SSSR count). The molecule has 1 aromatic carbocycles. The molecule has 0 bridgehead atoms. The van der Waals surface area contributed by atoms with Crippen molar-refractivity contribution in [2.75, 3.05) is 0 Å². The number of carbonyl (C=O) groups is 1. The maximum Gasteiger partial charge on any atom is 0.336 e. The second-order valence-electron chi connectivity index (χ2n) is 5.13. The number of carboxylic acid groups (broad SMARTS) is 1. The largest absolute Gasteiger partial charge is 0.478 e. The van der Waals surface area contributed by atoms with Crippen molar-refractivity contribution in [1.82, 2.24) is 0 Å². The molecule has 0 amide bonds. The molecular weight excluding hydrogens is 200 g/mol. The Balaban J connectivity index is 2.55. The average molecular weight is 216 g/mol. The van der Waals surface area contributed by atoms with Crippen LogP contribution in [-0.4, -0.2) is 11.1 Å². The molecule has 0 saturated heterocycles. The van der Waals surface area contributed by atoms with Crippen LogP contribution in [0.5, 0.6) is 0 Å². The SMILES string of the molecule is CC1(C)CC=Cc2c(cccc2C(=O)O)C1. The quantitative estimate of drug-likeness (QED) is 0.781. The number of hydrogen-bond acceptors (Lipinski definition) is 1. The summed E-state index contributed by atoms with van der Waals surface area (Å²) >= 11 is 0. The summed E-state index contributed by atoms with van der Waals surface area (Å²) in [5.74, 6) is -0.846. The van der Waals surface area contributed by atoms with Crippen molar-refractivity contribution in [3.8, 4) is 0 Å². The van der Waals surface area contributed by atoms with Crippen LogP contribution in [0.2, 0.25) is 0 Å². The molecule has 84 valence electrons. The monoisotopic (exact) mass is 216 g/mol. The van der Waals surface area contributed by atoms with E-state index in [0.29, 0.717) is 5.56 Å². The highest BCUT2D eigenvalue weighted by molar-refractivity contribution is 5.92. The Morgan fingerprint density at radius 1 is 1.38 bits per heavy atom. The van der Waals surface area contributed by atoms with Crippen LogP contribution in [0.25, 0.3) is 6.08 Å². The Labute approximate surface area is 95.6 Å². The van der Waals surface area contributed by atoms with E-state index in [1.165, 1.54) is 0 Å². The van der Waals surface area contributed by atoms with Gasteiger partial charge in [0, 0.05) is 0 Å². The van der Waals surface area contributed by atoms with Crippen molar-refractivity contribution in [2.24, 2.45) is 5.41 Å². The number of hydrogen-bond donors (Lipinski definition) is 1. The first-order valence-electron chi connectivity index (χ1n) is 5.51. The molecule has 2 heteroatoms. The molecule has 1 N–H and O–H groups in total. The maximum atomic E-state index is 11.1. The van der Waals surface area contributed by atoms with Gasteiger partial charge >= 0.3 is 5.97 Å². The van der Waals surface area contributed by atoms with E-state index in [1.807, 2.05) is 18.2 Å². The standard InChI is InChI=1S/C14H16O2/c1-14(2)8-4-7-11-10(9-14)5-3-6-12(11)13(15)16/h3-7H,8-9H2,1-2H3,(H,15,16). The van der Waals surface area contributed by atoms with Gasteiger partial charge in [0.1, 0.15) is 0 Å². The van der Waals surface area contributed by atoms with Crippen molar-refractivity contribution in [3.63, 3.8) is 0 Å². The van der Waals surface area contributed by atoms with Gasteiger partial charge in [-0.2, -0.15) is 0 Å². The molecule has 0 atom stereocenters. The van der Waals surface area contributed by atoms with E-state index in [1.54, 1.807) is 6.07 Å². The van der Waals surface area contributed by atoms with Crippen molar-refractivity contribution in [1.29, 1.82) is 0 Å². The molecule has 2 nitrogen and oxygen atoms in total. The smallest absolute Gasteiger partial charge is 0.336 e. The zero-order chi connectivity index (χ0) is 11.8. The molecule has 0 fully saturated rings. The molecule has 1 aromatic rings. The lowest BCUT2D eigenvalue weighted by molar-refractivity contribution is 0.0696. The Morgan fingerprint density at radius 3 is 2.81 bits per heavy atom. The molecule has 0 spiro atoms. The Morgan fingerprint density at radius 2 is 2.12 bits per heavy atom. The third-order valence-electron chi connectivity index (χ3n) is 3.05. The van der Waals surface area contributed by atoms with E-state index in [0.717, 1.165) is 24.0 Å². The predicted molar refractivity (Wildman–Crippen MR) is 64.5 cm³/mol. The van der Waals surface area contributed by atoms with Gasteiger partial charge in [0.15, 0.2) is 0 Å². The second kappa shape index (κ2) is 3.78. The lowest BCUT2D eigenvalue weighted by atomic mass is 9.83. The van der Waals surface area contributed by atoms with E-state index >= 15 is 0 Å². The molecule has 0 unspecified atom stereocenters. The average Bonchev–Trinajstić information content (AvgIpc) is 2.33. The Hall–Kier alpha value is -1.57. The van der Waals surface area contributed by atoms with Crippen LogP contribution in [0.15, 0.2) is 24.3 Å². The van der Waals surface area contributed by atoms with Gasteiger partial charge in [-0.3, -0.25) is 0 Å². The first-order chi connectivity index (χ1) is 7.49. The third-order valence-corrected chi connectivity index (χ3v) is 3.05. The van der Waals surface area contributed by atoms with Gasteiger partial charge in [-0.05, 0) is 35.4 Å². The van der Waals surface area contributed by atoms with Gasteiger partial charge in [0.2, 0.25) is 0 Å². The zero-order valence-corrected chi connectivity index (χ0v) is 9.66. The van der Waals surface area contributed by atoms with E-state index < -0.39 is 5.97 Å². The van der Waals surface area contributed by atoms with E-state index in [9.17, 15) is 4.79 Å². The molecule has 16 heavy (non-hydrogen) atoms. The minimum atomic E-state index is -0.846.